The van der Waals surface area contributed by atoms with Gasteiger partial charge < -0.3 is 10.6 Å². The topological polar surface area (TPSA) is 89.9 Å². The highest BCUT2D eigenvalue weighted by Gasteiger charge is 2.28. The molecular formula is C16H23ClN6O. The molecule has 8 heteroatoms. The molecule has 1 aliphatic rings. The Balaban J connectivity index is 0.00000208. The fourth-order valence-corrected chi connectivity index (χ4v) is 3.13. The number of nitrogens with zero attached hydrogens (tertiary/aromatic N) is 5. The Morgan fingerprint density at radius 2 is 2.08 bits per heavy atom. The van der Waals surface area contributed by atoms with Crippen LogP contribution in [0.1, 0.15) is 25.3 Å². The second-order valence-electron chi connectivity index (χ2n) is 6.20. The van der Waals surface area contributed by atoms with Gasteiger partial charge in [-0.3, -0.25) is 4.79 Å². The SMILES string of the molecule is CC1CCN(C(=O)Cc2ccc(-n3cnnn3)cc2)C(CN)C1.Cl. The Hall–Kier alpha value is -1.99. The van der Waals surface area contributed by atoms with Crippen LogP contribution < -0.4 is 5.73 Å². The van der Waals surface area contributed by atoms with Crippen LogP contribution in [0.25, 0.3) is 5.69 Å². The maximum atomic E-state index is 12.6. The van der Waals surface area contributed by atoms with Crippen LogP contribution in [0.2, 0.25) is 0 Å². The van der Waals surface area contributed by atoms with E-state index in [1.165, 1.54) is 0 Å². The zero-order valence-corrected chi connectivity index (χ0v) is 14.5. The van der Waals surface area contributed by atoms with Gasteiger partial charge in [-0.25, -0.2) is 4.68 Å². The van der Waals surface area contributed by atoms with E-state index < -0.39 is 0 Å². The molecule has 0 aliphatic carbocycles. The highest BCUT2D eigenvalue weighted by atomic mass is 35.5. The number of aromatic nitrogens is 4. The molecule has 24 heavy (non-hydrogen) atoms. The minimum atomic E-state index is 0. The number of carbonyl (C=O) groups is 1. The molecule has 2 heterocycles. The minimum absolute atomic E-state index is 0. The molecule has 2 atom stereocenters. The average molecular weight is 351 g/mol. The fourth-order valence-electron chi connectivity index (χ4n) is 3.13. The fraction of sp³-hybridized carbons (Fsp3) is 0.500. The van der Waals surface area contributed by atoms with Gasteiger partial charge >= 0.3 is 0 Å². The van der Waals surface area contributed by atoms with Crippen LogP contribution in [0.15, 0.2) is 30.6 Å². The molecular weight excluding hydrogens is 328 g/mol. The summed E-state index contributed by atoms with van der Waals surface area (Å²) >= 11 is 0. The first kappa shape index (κ1) is 18.4. The normalized spacial score (nSPS) is 20.5. The van der Waals surface area contributed by atoms with Gasteiger partial charge in [-0.1, -0.05) is 19.1 Å². The molecule has 1 saturated heterocycles. The van der Waals surface area contributed by atoms with Crippen LogP contribution in [0.4, 0.5) is 0 Å². The van der Waals surface area contributed by atoms with Crippen molar-refractivity contribution in [3.8, 4) is 5.69 Å². The van der Waals surface area contributed by atoms with Crippen molar-refractivity contribution in [3.05, 3.63) is 36.2 Å². The summed E-state index contributed by atoms with van der Waals surface area (Å²) < 4.78 is 1.59. The van der Waals surface area contributed by atoms with Crippen molar-refractivity contribution < 1.29 is 4.79 Å². The van der Waals surface area contributed by atoms with E-state index in [-0.39, 0.29) is 24.4 Å². The van der Waals surface area contributed by atoms with Crippen LogP contribution in [-0.2, 0) is 11.2 Å². The number of amides is 1. The number of carbonyl (C=O) groups excluding carboxylic acids is 1. The molecule has 1 aliphatic heterocycles. The second kappa shape index (κ2) is 8.21. The second-order valence-corrected chi connectivity index (χ2v) is 6.20. The zero-order chi connectivity index (χ0) is 16.2. The van der Waals surface area contributed by atoms with E-state index in [9.17, 15) is 4.79 Å². The van der Waals surface area contributed by atoms with Gasteiger partial charge in [-0.05, 0) is 46.9 Å². The summed E-state index contributed by atoms with van der Waals surface area (Å²) in [5.41, 5.74) is 7.71. The van der Waals surface area contributed by atoms with Gasteiger partial charge in [-0.15, -0.1) is 17.5 Å². The standard InChI is InChI=1S/C16H22N6O.ClH/c1-12-6-7-21(15(8-12)10-17)16(23)9-13-2-4-14(5-3-13)22-11-18-19-20-22;/h2-5,11-12,15H,6-10,17H2,1H3;1H. The summed E-state index contributed by atoms with van der Waals surface area (Å²) in [5.74, 6) is 0.797. The van der Waals surface area contributed by atoms with E-state index in [0.717, 1.165) is 30.6 Å². The smallest absolute Gasteiger partial charge is 0.227 e. The van der Waals surface area contributed by atoms with E-state index in [4.69, 9.17) is 5.73 Å². The maximum Gasteiger partial charge on any atom is 0.227 e. The van der Waals surface area contributed by atoms with Crippen LogP contribution in [-0.4, -0.2) is 50.1 Å². The Morgan fingerprint density at radius 1 is 1.33 bits per heavy atom. The lowest BCUT2D eigenvalue weighted by molar-refractivity contribution is -0.134. The maximum absolute atomic E-state index is 12.6. The Morgan fingerprint density at radius 3 is 2.71 bits per heavy atom. The molecule has 7 nitrogen and oxygen atoms in total. The van der Waals surface area contributed by atoms with E-state index >= 15 is 0 Å². The number of rotatable bonds is 4. The first-order valence-corrected chi connectivity index (χ1v) is 7.99. The number of nitrogens with two attached hydrogens (primary N) is 1. The van der Waals surface area contributed by atoms with Gasteiger partial charge in [0.15, 0.2) is 0 Å². The number of hydrogen-bond donors (Lipinski definition) is 1. The van der Waals surface area contributed by atoms with Crippen molar-refractivity contribution in [2.24, 2.45) is 11.7 Å². The zero-order valence-electron chi connectivity index (χ0n) is 13.7. The molecule has 0 bridgehead atoms. The number of tetrazole rings is 1. The van der Waals surface area contributed by atoms with Crippen LogP contribution in [0.5, 0.6) is 0 Å². The van der Waals surface area contributed by atoms with Crippen molar-refractivity contribution in [2.75, 3.05) is 13.1 Å². The highest BCUT2D eigenvalue weighted by Crippen LogP contribution is 2.22. The molecule has 1 amide bonds. The molecule has 0 saturated carbocycles. The van der Waals surface area contributed by atoms with Gasteiger partial charge in [0.1, 0.15) is 6.33 Å². The molecule has 2 N–H and O–H groups in total. The molecule has 0 radical (unpaired) electrons. The number of piperidine rings is 1. The van der Waals surface area contributed by atoms with Gasteiger partial charge in [0, 0.05) is 19.1 Å². The summed E-state index contributed by atoms with van der Waals surface area (Å²) in [6, 6.07) is 7.89. The molecule has 1 aromatic carbocycles. The monoisotopic (exact) mass is 350 g/mol. The molecule has 2 aromatic rings. The van der Waals surface area contributed by atoms with E-state index in [0.29, 0.717) is 18.9 Å². The lowest BCUT2D eigenvalue weighted by atomic mass is 9.92. The summed E-state index contributed by atoms with van der Waals surface area (Å²) in [4.78, 5) is 14.5. The number of hydrogen-bond acceptors (Lipinski definition) is 5. The Bertz CT molecular complexity index is 645. The van der Waals surface area contributed by atoms with Crippen LogP contribution in [0, 0.1) is 5.92 Å². The summed E-state index contributed by atoms with van der Waals surface area (Å²) in [6.45, 7) is 3.57. The first-order chi connectivity index (χ1) is 11.2. The van der Waals surface area contributed by atoms with E-state index in [2.05, 4.69) is 22.4 Å². The highest BCUT2D eigenvalue weighted by molar-refractivity contribution is 5.85. The third kappa shape index (κ3) is 4.10. The molecule has 130 valence electrons. The lowest BCUT2D eigenvalue weighted by Gasteiger charge is -2.38. The van der Waals surface area contributed by atoms with Crippen molar-refractivity contribution >= 4 is 18.3 Å². The van der Waals surface area contributed by atoms with Gasteiger partial charge in [0.25, 0.3) is 0 Å². The lowest BCUT2D eigenvalue weighted by Crippen LogP contribution is -2.49. The quantitative estimate of drug-likeness (QED) is 0.895. The van der Waals surface area contributed by atoms with Crippen molar-refractivity contribution in [2.45, 2.75) is 32.2 Å². The average Bonchev–Trinajstić information content (AvgIpc) is 3.09. The van der Waals surface area contributed by atoms with Crippen LogP contribution in [0.3, 0.4) is 0 Å². The predicted molar refractivity (Wildman–Crippen MR) is 93.1 cm³/mol. The van der Waals surface area contributed by atoms with Crippen LogP contribution >= 0.6 is 12.4 Å². The molecule has 1 fully saturated rings. The van der Waals surface area contributed by atoms with Crippen molar-refractivity contribution in [1.29, 1.82) is 0 Å². The Labute approximate surface area is 147 Å². The summed E-state index contributed by atoms with van der Waals surface area (Å²) in [6.07, 6.45) is 4.00. The van der Waals surface area contributed by atoms with E-state index in [1.807, 2.05) is 29.2 Å². The largest absolute Gasteiger partial charge is 0.338 e. The first-order valence-electron chi connectivity index (χ1n) is 7.99. The molecule has 1 aromatic heterocycles. The van der Waals surface area contributed by atoms with Gasteiger partial charge in [0.2, 0.25) is 5.91 Å². The molecule has 3 rings (SSSR count). The van der Waals surface area contributed by atoms with Crippen molar-refractivity contribution in [1.82, 2.24) is 25.1 Å². The third-order valence-electron chi connectivity index (χ3n) is 4.48. The number of likely N-dealkylation sites (tertiary alicyclic amines) is 1. The number of benzene rings is 1. The minimum Gasteiger partial charge on any atom is -0.338 e. The summed E-state index contributed by atoms with van der Waals surface area (Å²) in [7, 11) is 0. The van der Waals surface area contributed by atoms with Gasteiger partial charge in [0.05, 0.1) is 12.1 Å². The third-order valence-corrected chi connectivity index (χ3v) is 4.48. The molecule has 0 spiro atoms. The summed E-state index contributed by atoms with van der Waals surface area (Å²) in [5, 5.41) is 11.1. The van der Waals surface area contributed by atoms with Gasteiger partial charge in [-0.2, -0.15) is 0 Å². The molecule has 2 unspecified atom stereocenters. The predicted octanol–water partition coefficient (Wildman–Crippen LogP) is 1.21. The van der Waals surface area contributed by atoms with E-state index in [1.54, 1.807) is 11.0 Å². The van der Waals surface area contributed by atoms with Crippen molar-refractivity contribution in [3.63, 3.8) is 0 Å². The Kier molecular flexibility index (Phi) is 6.28. The number of halogens is 1.